The summed E-state index contributed by atoms with van der Waals surface area (Å²) in [6.45, 7) is 3.83. The Morgan fingerprint density at radius 3 is 2.59 bits per heavy atom. The second-order valence-corrected chi connectivity index (χ2v) is 5.82. The van der Waals surface area contributed by atoms with Gasteiger partial charge in [-0.1, -0.05) is 22.9 Å². The van der Waals surface area contributed by atoms with Crippen molar-refractivity contribution < 1.29 is 9.90 Å². The van der Waals surface area contributed by atoms with Gasteiger partial charge in [0.1, 0.15) is 0 Å². The van der Waals surface area contributed by atoms with Gasteiger partial charge in [0, 0.05) is 21.6 Å². The first kappa shape index (κ1) is 14.7. The Kier molecular flexibility index (Phi) is 5.62. The first-order valence-electron chi connectivity index (χ1n) is 5.32. The average molecular weight is 365 g/mol. The molecule has 0 aliphatic rings. The molecule has 2 N–H and O–H groups in total. The van der Waals surface area contributed by atoms with Gasteiger partial charge in [0.05, 0.1) is 5.56 Å². The molecule has 0 spiro atoms. The van der Waals surface area contributed by atoms with E-state index in [0.29, 0.717) is 5.56 Å². The summed E-state index contributed by atoms with van der Waals surface area (Å²) in [5.41, 5.74) is 0.588. The molecule has 0 aliphatic carbocycles. The van der Waals surface area contributed by atoms with Crippen LogP contribution in [-0.2, 0) is 0 Å². The number of carbonyl (C=O) groups excluding carboxylic acids is 1. The van der Waals surface area contributed by atoms with Gasteiger partial charge in [-0.25, -0.2) is 0 Å². The lowest BCUT2D eigenvalue weighted by Crippen LogP contribution is -2.38. The van der Waals surface area contributed by atoms with E-state index in [1.807, 2.05) is 26.0 Å². The number of hydrogen-bond donors (Lipinski definition) is 2. The summed E-state index contributed by atoms with van der Waals surface area (Å²) in [6, 6.07) is 5.33. The van der Waals surface area contributed by atoms with Gasteiger partial charge in [0.2, 0.25) is 0 Å². The molecule has 1 aromatic rings. The first-order chi connectivity index (χ1) is 7.95. The Labute approximate surface area is 118 Å². The Bertz CT molecular complexity index is 409. The molecule has 3 nitrogen and oxygen atoms in total. The number of aliphatic hydroxyl groups is 1. The van der Waals surface area contributed by atoms with E-state index >= 15 is 0 Å². The number of carbonyl (C=O) groups is 1. The minimum atomic E-state index is -0.142. The van der Waals surface area contributed by atoms with Gasteiger partial charge in [-0.3, -0.25) is 4.79 Å². The fraction of sp³-hybridized carbons (Fsp3) is 0.417. The van der Waals surface area contributed by atoms with E-state index in [-0.39, 0.29) is 24.5 Å². The second kappa shape index (κ2) is 6.52. The number of rotatable bonds is 4. The minimum absolute atomic E-state index is 0.0353. The molecule has 94 valence electrons. The largest absolute Gasteiger partial charge is 0.396 e. The average Bonchev–Trinajstić information content (AvgIpc) is 2.27. The summed E-state index contributed by atoms with van der Waals surface area (Å²) in [4.78, 5) is 12.0. The van der Waals surface area contributed by atoms with Crippen molar-refractivity contribution in [2.45, 2.75) is 19.9 Å². The highest BCUT2D eigenvalue weighted by Gasteiger charge is 2.16. The van der Waals surface area contributed by atoms with Gasteiger partial charge in [-0.2, -0.15) is 0 Å². The fourth-order valence-electron chi connectivity index (χ4n) is 1.26. The topological polar surface area (TPSA) is 49.3 Å². The van der Waals surface area contributed by atoms with Crippen molar-refractivity contribution in [3.63, 3.8) is 0 Å². The summed E-state index contributed by atoms with van der Waals surface area (Å²) < 4.78 is 1.66. The molecule has 0 heterocycles. The quantitative estimate of drug-likeness (QED) is 0.862. The first-order valence-corrected chi connectivity index (χ1v) is 6.91. The van der Waals surface area contributed by atoms with Crippen LogP contribution in [0.1, 0.15) is 24.2 Å². The minimum Gasteiger partial charge on any atom is -0.396 e. The molecular formula is C12H15Br2NO2. The Morgan fingerprint density at radius 1 is 1.41 bits per heavy atom. The normalized spacial score (nSPS) is 14.2. The number of aliphatic hydroxyl groups excluding tert-OH is 1. The summed E-state index contributed by atoms with van der Waals surface area (Å²) in [5.74, 6) is -0.106. The van der Waals surface area contributed by atoms with Crippen molar-refractivity contribution in [3.05, 3.63) is 32.7 Å². The van der Waals surface area contributed by atoms with E-state index < -0.39 is 0 Å². The fourth-order valence-corrected chi connectivity index (χ4v) is 2.49. The standard InChI is InChI=1S/C12H15Br2NO2/c1-7(6-16)8(2)15-12(17)10-4-3-9(13)5-11(10)14/h3-5,7-8,16H,6H2,1-2H3,(H,15,17). The number of halogens is 2. The lowest BCUT2D eigenvalue weighted by molar-refractivity contribution is 0.0915. The molecule has 2 atom stereocenters. The van der Waals surface area contributed by atoms with Gasteiger partial charge in [0.15, 0.2) is 0 Å². The number of nitrogens with one attached hydrogen (secondary N) is 1. The SMILES string of the molecule is CC(CO)C(C)NC(=O)c1ccc(Br)cc1Br. The summed E-state index contributed by atoms with van der Waals surface area (Å²) in [5, 5.41) is 11.9. The Balaban J connectivity index is 2.76. The van der Waals surface area contributed by atoms with Crippen LogP contribution in [0.15, 0.2) is 27.1 Å². The molecule has 2 unspecified atom stereocenters. The molecular weight excluding hydrogens is 350 g/mol. The molecule has 0 fully saturated rings. The van der Waals surface area contributed by atoms with E-state index in [0.717, 1.165) is 8.95 Å². The third-order valence-corrected chi connectivity index (χ3v) is 3.83. The molecule has 0 saturated heterocycles. The molecule has 17 heavy (non-hydrogen) atoms. The van der Waals surface area contributed by atoms with Crippen molar-refractivity contribution in [2.75, 3.05) is 6.61 Å². The Hall–Kier alpha value is -0.390. The van der Waals surface area contributed by atoms with Gasteiger partial charge < -0.3 is 10.4 Å². The number of amides is 1. The highest BCUT2D eigenvalue weighted by Crippen LogP contribution is 2.22. The molecule has 0 bridgehead atoms. The van der Waals surface area contributed by atoms with Gasteiger partial charge in [0.25, 0.3) is 5.91 Å². The van der Waals surface area contributed by atoms with E-state index in [9.17, 15) is 4.79 Å². The Morgan fingerprint density at radius 2 is 2.06 bits per heavy atom. The third kappa shape index (κ3) is 4.08. The monoisotopic (exact) mass is 363 g/mol. The van der Waals surface area contributed by atoms with Crippen LogP contribution in [0.5, 0.6) is 0 Å². The predicted molar refractivity (Wildman–Crippen MR) is 75.0 cm³/mol. The van der Waals surface area contributed by atoms with E-state index in [4.69, 9.17) is 5.11 Å². The van der Waals surface area contributed by atoms with Crippen molar-refractivity contribution in [1.82, 2.24) is 5.32 Å². The van der Waals surface area contributed by atoms with Crippen LogP contribution in [0.25, 0.3) is 0 Å². The molecule has 0 saturated carbocycles. The smallest absolute Gasteiger partial charge is 0.252 e. The predicted octanol–water partition coefficient (Wildman–Crippen LogP) is 2.96. The van der Waals surface area contributed by atoms with Crippen LogP contribution in [0.2, 0.25) is 0 Å². The summed E-state index contributed by atoms with van der Waals surface area (Å²) in [6.07, 6.45) is 0. The summed E-state index contributed by atoms with van der Waals surface area (Å²) in [7, 11) is 0. The molecule has 1 amide bonds. The zero-order valence-electron chi connectivity index (χ0n) is 9.71. The highest BCUT2D eigenvalue weighted by molar-refractivity contribution is 9.11. The third-order valence-electron chi connectivity index (χ3n) is 2.68. The zero-order chi connectivity index (χ0) is 13.0. The van der Waals surface area contributed by atoms with Crippen LogP contribution >= 0.6 is 31.9 Å². The van der Waals surface area contributed by atoms with Crippen LogP contribution in [-0.4, -0.2) is 23.7 Å². The zero-order valence-corrected chi connectivity index (χ0v) is 12.9. The maximum Gasteiger partial charge on any atom is 0.252 e. The van der Waals surface area contributed by atoms with Crippen LogP contribution in [0, 0.1) is 5.92 Å². The van der Waals surface area contributed by atoms with Crippen LogP contribution in [0.4, 0.5) is 0 Å². The highest BCUT2D eigenvalue weighted by atomic mass is 79.9. The maximum absolute atomic E-state index is 12.0. The second-order valence-electron chi connectivity index (χ2n) is 4.05. The molecule has 0 aromatic heterocycles. The van der Waals surface area contributed by atoms with Gasteiger partial charge in [-0.05, 0) is 47.0 Å². The van der Waals surface area contributed by atoms with E-state index in [1.54, 1.807) is 6.07 Å². The lowest BCUT2D eigenvalue weighted by Gasteiger charge is -2.19. The van der Waals surface area contributed by atoms with Crippen molar-refractivity contribution >= 4 is 37.8 Å². The molecule has 1 rings (SSSR count). The molecule has 0 radical (unpaired) electrons. The number of hydrogen-bond acceptors (Lipinski definition) is 2. The lowest BCUT2D eigenvalue weighted by atomic mass is 10.0. The van der Waals surface area contributed by atoms with Crippen molar-refractivity contribution in [1.29, 1.82) is 0 Å². The van der Waals surface area contributed by atoms with E-state index in [2.05, 4.69) is 37.2 Å². The van der Waals surface area contributed by atoms with E-state index in [1.165, 1.54) is 0 Å². The number of benzene rings is 1. The van der Waals surface area contributed by atoms with Crippen molar-refractivity contribution in [3.8, 4) is 0 Å². The van der Waals surface area contributed by atoms with Gasteiger partial charge >= 0.3 is 0 Å². The molecule has 5 heteroatoms. The van der Waals surface area contributed by atoms with Crippen LogP contribution in [0.3, 0.4) is 0 Å². The molecule has 0 aliphatic heterocycles. The maximum atomic E-state index is 12.0. The van der Waals surface area contributed by atoms with Gasteiger partial charge in [-0.15, -0.1) is 0 Å². The molecule has 1 aromatic carbocycles. The van der Waals surface area contributed by atoms with Crippen molar-refractivity contribution in [2.24, 2.45) is 5.92 Å². The summed E-state index contributed by atoms with van der Waals surface area (Å²) >= 11 is 6.69. The van der Waals surface area contributed by atoms with Crippen LogP contribution < -0.4 is 5.32 Å².